The molecule has 3 heterocycles. The second kappa shape index (κ2) is 5.83. The van der Waals surface area contributed by atoms with Gasteiger partial charge in [-0.3, -0.25) is 4.79 Å². The molecule has 1 N–H and O–H groups in total. The van der Waals surface area contributed by atoms with E-state index in [4.69, 9.17) is 4.74 Å². The van der Waals surface area contributed by atoms with E-state index in [0.717, 1.165) is 36.2 Å². The van der Waals surface area contributed by atoms with Crippen LogP contribution in [0.4, 0.5) is 5.82 Å². The predicted molar refractivity (Wildman–Crippen MR) is 89.4 cm³/mol. The van der Waals surface area contributed by atoms with E-state index in [1.54, 1.807) is 6.33 Å². The molecule has 2 aromatic heterocycles. The number of nitrogens with one attached hydrogen (secondary N) is 1. The summed E-state index contributed by atoms with van der Waals surface area (Å²) >= 11 is 0. The van der Waals surface area contributed by atoms with E-state index in [1.807, 2.05) is 27.0 Å². The Labute approximate surface area is 136 Å². The van der Waals surface area contributed by atoms with Crippen molar-refractivity contribution in [3.63, 3.8) is 0 Å². The van der Waals surface area contributed by atoms with Crippen LogP contribution < -0.4 is 4.90 Å². The molecule has 1 fully saturated rings. The quantitative estimate of drug-likeness (QED) is 0.882. The fourth-order valence-corrected chi connectivity index (χ4v) is 3.06. The number of nitrogens with zero attached hydrogens (tertiary/aromatic N) is 3. The van der Waals surface area contributed by atoms with Crippen molar-refractivity contribution in [2.24, 2.45) is 5.92 Å². The smallest absolute Gasteiger partial charge is 0.311 e. The normalized spacial score (nSPS) is 18.6. The summed E-state index contributed by atoms with van der Waals surface area (Å²) in [6.45, 7) is 9.28. The number of aryl methyl sites for hydroxylation is 1. The van der Waals surface area contributed by atoms with Gasteiger partial charge in [-0.1, -0.05) is 6.92 Å². The van der Waals surface area contributed by atoms with Gasteiger partial charge in [0.25, 0.3) is 0 Å². The molecule has 1 atom stereocenters. The number of hydrogen-bond acceptors (Lipinski definition) is 5. The molecule has 2 aromatic rings. The van der Waals surface area contributed by atoms with Crippen molar-refractivity contribution in [2.45, 2.75) is 46.1 Å². The van der Waals surface area contributed by atoms with E-state index in [-0.39, 0.29) is 11.9 Å². The number of aromatic nitrogens is 3. The minimum atomic E-state index is -0.442. The van der Waals surface area contributed by atoms with Crippen LogP contribution in [-0.2, 0) is 16.0 Å². The van der Waals surface area contributed by atoms with Gasteiger partial charge in [0, 0.05) is 19.3 Å². The summed E-state index contributed by atoms with van der Waals surface area (Å²) in [5.41, 5.74) is 1.62. The highest BCUT2D eigenvalue weighted by Crippen LogP contribution is 2.31. The third-order valence-electron chi connectivity index (χ3n) is 4.14. The van der Waals surface area contributed by atoms with Crippen LogP contribution in [0.1, 0.15) is 39.7 Å². The lowest BCUT2D eigenvalue weighted by molar-refractivity contribution is -0.159. The van der Waals surface area contributed by atoms with Crippen molar-refractivity contribution >= 4 is 22.8 Å². The Balaban J connectivity index is 1.82. The average Bonchev–Trinajstić information content (AvgIpc) is 3.12. The SMILES string of the molecule is CCc1c[nH]c2ncnc(N3CCC(C(=O)OC(C)(C)C)C3)c12. The van der Waals surface area contributed by atoms with Gasteiger partial charge < -0.3 is 14.6 Å². The summed E-state index contributed by atoms with van der Waals surface area (Å²) in [5.74, 6) is 0.706. The van der Waals surface area contributed by atoms with Crippen LogP contribution >= 0.6 is 0 Å². The van der Waals surface area contributed by atoms with Gasteiger partial charge in [-0.2, -0.15) is 0 Å². The Kier molecular flexibility index (Phi) is 4.00. The Bertz CT molecular complexity index is 717. The lowest BCUT2D eigenvalue weighted by Gasteiger charge is -2.22. The largest absolute Gasteiger partial charge is 0.460 e. The second-order valence-electron chi connectivity index (χ2n) is 7.05. The third kappa shape index (κ3) is 3.16. The van der Waals surface area contributed by atoms with Crippen molar-refractivity contribution in [3.8, 4) is 0 Å². The topological polar surface area (TPSA) is 71.1 Å². The van der Waals surface area contributed by atoms with Crippen LogP contribution in [0.5, 0.6) is 0 Å². The van der Waals surface area contributed by atoms with Gasteiger partial charge in [0.1, 0.15) is 23.4 Å². The zero-order chi connectivity index (χ0) is 16.6. The van der Waals surface area contributed by atoms with Gasteiger partial charge in [-0.15, -0.1) is 0 Å². The van der Waals surface area contributed by atoms with Crippen LogP contribution in [-0.4, -0.2) is 39.6 Å². The maximum absolute atomic E-state index is 12.3. The first-order chi connectivity index (χ1) is 10.9. The monoisotopic (exact) mass is 316 g/mol. The molecule has 0 aromatic carbocycles. The van der Waals surface area contributed by atoms with Crippen molar-refractivity contribution in [1.82, 2.24) is 15.0 Å². The first-order valence-electron chi connectivity index (χ1n) is 8.18. The number of esters is 1. The summed E-state index contributed by atoms with van der Waals surface area (Å²) in [4.78, 5) is 26.4. The molecule has 6 heteroatoms. The molecule has 0 amide bonds. The maximum Gasteiger partial charge on any atom is 0.311 e. The summed E-state index contributed by atoms with van der Waals surface area (Å²) < 4.78 is 5.52. The zero-order valence-corrected chi connectivity index (χ0v) is 14.2. The highest BCUT2D eigenvalue weighted by molar-refractivity contribution is 5.91. The molecular weight excluding hydrogens is 292 g/mol. The van der Waals surface area contributed by atoms with E-state index >= 15 is 0 Å². The van der Waals surface area contributed by atoms with Crippen LogP contribution in [0.25, 0.3) is 11.0 Å². The molecule has 1 aliphatic rings. The van der Waals surface area contributed by atoms with Gasteiger partial charge in [0.05, 0.1) is 11.3 Å². The van der Waals surface area contributed by atoms with E-state index in [2.05, 4.69) is 26.8 Å². The van der Waals surface area contributed by atoms with Gasteiger partial charge >= 0.3 is 5.97 Å². The number of carbonyl (C=O) groups is 1. The Morgan fingerprint density at radius 1 is 1.43 bits per heavy atom. The molecule has 0 radical (unpaired) electrons. The summed E-state index contributed by atoms with van der Waals surface area (Å²) in [6.07, 6.45) is 5.29. The van der Waals surface area contributed by atoms with E-state index < -0.39 is 5.60 Å². The molecule has 0 aliphatic carbocycles. The lowest BCUT2D eigenvalue weighted by Crippen LogP contribution is -2.30. The van der Waals surface area contributed by atoms with Gasteiger partial charge in [0.2, 0.25) is 0 Å². The van der Waals surface area contributed by atoms with Crippen molar-refractivity contribution < 1.29 is 9.53 Å². The molecule has 1 saturated heterocycles. The summed E-state index contributed by atoms with van der Waals surface area (Å²) in [6, 6.07) is 0. The molecule has 0 saturated carbocycles. The lowest BCUT2D eigenvalue weighted by atomic mass is 10.1. The fourth-order valence-electron chi connectivity index (χ4n) is 3.06. The van der Waals surface area contributed by atoms with E-state index in [9.17, 15) is 4.79 Å². The first kappa shape index (κ1) is 15.8. The zero-order valence-electron chi connectivity index (χ0n) is 14.2. The molecule has 6 nitrogen and oxygen atoms in total. The Morgan fingerprint density at radius 3 is 2.91 bits per heavy atom. The molecule has 1 aliphatic heterocycles. The molecule has 0 spiro atoms. The third-order valence-corrected chi connectivity index (χ3v) is 4.14. The number of aromatic amines is 1. The Morgan fingerprint density at radius 2 is 2.22 bits per heavy atom. The van der Waals surface area contributed by atoms with Gasteiger partial charge in [-0.05, 0) is 39.2 Å². The van der Waals surface area contributed by atoms with Crippen LogP contribution in [0.3, 0.4) is 0 Å². The molecule has 0 bridgehead atoms. The number of H-pyrrole nitrogens is 1. The molecular formula is C17H24N4O2. The van der Waals surface area contributed by atoms with Crippen molar-refractivity contribution in [2.75, 3.05) is 18.0 Å². The van der Waals surface area contributed by atoms with Crippen LogP contribution in [0.2, 0.25) is 0 Å². The van der Waals surface area contributed by atoms with Gasteiger partial charge in [0.15, 0.2) is 0 Å². The molecule has 3 rings (SSSR count). The van der Waals surface area contributed by atoms with Crippen molar-refractivity contribution in [3.05, 3.63) is 18.1 Å². The van der Waals surface area contributed by atoms with E-state index in [1.165, 1.54) is 5.56 Å². The van der Waals surface area contributed by atoms with Crippen molar-refractivity contribution in [1.29, 1.82) is 0 Å². The predicted octanol–water partition coefficient (Wildman–Crippen LogP) is 2.69. The number of carbonyl (C=O) groups excluding carboxylic acids is 1. The number of rotatable bonds is 3. The molecule has 1 unspecified atom stereocenters. The number of ether oxygens (including phenoxy) is 1. The maximum atomic E-state index is 12.3. The van der Waals surface area contributed by atoms with Crippen LogP contribution in [0, 0.1) is 5.92 Å². The van der Waals surface area contributed by atoms with Gasteiger partial charge in [-0.25, -0.2) is 9.97 Å². The number of hydrogen-bond donors (Lipinski definition) is 1. The average molecular weight is 316 g/mol. The van der Waals surface area contributed by atoms with Crippen LogP contribution in [0.15, 0.2) is 12.5 Å². The Hall–Kier alpha value is -2.11. The van der Waals surface area contributed by atoms with E-state index in [0.29, 0.717) is 6.54 Å². The number of anilines is 1. The summed E-state index contributed by atoms with van der Waals surface area (Å²) in [7, 11) is 0. The minimum Gasteiger partial charge on any atom is -0.460 e. The highest BCUT2D eigenvalue weighted by Gasteiger charge is 2.33. The fraction of sp³-hybridized carbons (Fsp3) is 0.588. The standard InChI is InChI=1S/C17H24N4O2/c1-5-11-8-18-14-13(11)15(20-10-19-14)21-7-6-12(9-21)16(22)23-17(2,3)4/h8,10,12H,5-7,9H2,1-4H3,(H,18,19,20). The summed E-state index contributed by atoms with van der Waals surface area (Å²) in [5, 5.41) is 1.07. The highest BCUT2D eigenvalue weighted by atomic mass is 16.6. The first-order valence-corrected chi connectivity index (χ1v) is 8.18. The molecule has 124 valence electrons. The number of fused-ring (bicyclic) bond motifs is 1. The molecule has 23 heavy (non-hydrogen) atoms. The minimum absolute atomic E-state index is 0.0942. The second-order valence-corrected chi connectivity index (χ2v) is 7.05.